The van der Waals surface area contributed by atoms with E-state index in [1.165, 1.54) is 24.3 Å². The van der Waals surface area contributed by atoms with Crippen LogP contribution in [-0.2, 0) is 14.3 Å². The molecule has 1 spiro atoms. The molecule has 36 heavy (non-hydrogen) atoms. The molecule has 3 fully saturated rings. The van der Waals surface area contributed by atoms with Gasteiger partial charge in [0.1, 0.15) is 17.9 Å². The molecular formula is C27H31FN4O4. The number of nitrogens with zero attached hydrogens (tertiary/aromatic N) is 3. The van der Waals surface area contributed by atoms with Crippen molar-refractivity contribution in [3.63, 3.8) is 0 Å². The first-order valence-electron chi connectivity index (χ1n) is 12.5. The number of piperidine rings is 1. The molecule has 1 atom stereocenters. The van der Waals surface area contributed by atoms with Gasteiger partial charge in [-0.25, -0.2) is 4.39 Å². The highest BCUT2D eigenvalue weighted by Gasteiger charge is 2.54. The van der Waals surface area contributed by atoms with Crippen LogP contribution in [0.3, 0.4) is 0 Å². The SMILES string of the molecule is O=C(CN1CN(c2ccccc2)C2(CCN(C(=O)c3ccc(F)cc3)CC2)C1=O)NCC1CCCO1. The summed E-state index contributed by atoms with van der Waals surface area (Å²) in [6.45, 7) is 2.25. The number of carbonyl (C=O) groups is 3. The molecule has 3 aliphatic heterocycles. The van der Waals surface area contributed by atoms with Gasteiger partial charge in [0, 0.05) is 37.5 Å². The molecule has 9 heteroatoms. The Labute approximate surface area is 210 Å². The van der Waals surface area contributed by atoms with E-state index in [9.17, 15) is 18.8 Å². The topological polar surface area (TPSA) is 82.2 Å². The first-order chi connectivity index (χ1) is 17.5. The van der Waals surface area contributed by atoms with Crippen molar-refractivity contribution < 1.29 is 23.5 Å². The first-order valence-corrected chi connectivity index (χ1v) is 12.5. The van der Waals surface area contributed by atoms with Gasteiger partial charge in [0.15, 0.2) is 0 Å². The van der Waals surface area contributed by atoms with Crippen LogP contribution in [0.4, 0.5) is 10.1 Å². The van der Waals surface area contributed by atoms with Gasteiger partial charge in [0.05, 0.1) is 12.8 Å². The zero-order valence-corrected chi connectivity index (χ0v) is 20.2. The molecule has 2 aromatic rings. The molecule has 0 saturated carbocycles. The Morgan fingerprint density at radius 3 is 2.44 bits per heavy atom. The number of benzene rings is 2. The molecule has 0 aliphatic carbocycles. The predicted octanol–water partition coefficient (Wildman–Crippen LogP) is 2.40. The second kappa shape index (κ2) is 10.3. The van der Waals surface area contributed by atoms with Gasteiger partial charge in [-0.3, -0.25) is 14.4 Å². The minimum absolute atomic E-state index is 0.0190. The summed E-state index contributed by atoms with van der Waals surface area (Å²) in [5.74, 6) is -0.855. The second-order valence-corrected chi connectivity index (χ2v) is 9.68. The Morgan fingerprint density at radius 2 is 1.78 bits per heavy atom. The molecule has 0 aromatic heterocycles. The lowest BCUT2D eigenvalue weighted by Gasteiger charge is -2.43. The average Bonchev–Trinajstić information content (AvgIpc) is 3.52. The van der Waals surface area contributed by atoms with Gasteiger partial charge < -0.3 is 24.8 Å². The largest absolute Gasteiger partial charge is 0.376 e. The smallest absolute Gasteiger partial charge is 0.253 e. The Balaban J connectivity index is 1.29. The molecule has 0 radical (unpaired) electrons. The molecule has 8 nitrogen and oxygen atoms in total. The van der Waals surface area contributed by atoms with Gasteiger partial charge in [-0.15, -0.1) is 0 Å². The number of para-hydroxylation sites is 1. The minimum atomic E-state index is -0.824. The number of ether oxygens (including phenoxy) is 1. The molecule has 1 unspecified atom stereocenters. The minimum Gasteiger partial charge on any atom is -0.376 e. The van der Waals surface area contributed by atoms with E-state index in [0.717, 1.165) is 25.1 Å². The Bertz CT molecular complexity index is 1100. The summed E-state index contributed by atoms with van der Waals surface area (Å²) in [5, 5.41) is 2.91. The van der Waals surface area contributed by atoms with E-state index in [0.29, 0.717) is 44.7 Å². The predicted molar refractivity (Wildman–Crippen MR) is 132 cm³/mol. The van der Waals surface area contributed by atoms with Crippen LogP contribution >= 0.6 is 0 Å². The quantitative estimate of drug-likeness (QED) is 0.667. The molecule has 3 amide bonds. The Morgan fingerprint density at radius 1 is 1.06 bits per heavy atom. The van der Waals surface area contributed by atoms with E-state index in [1.54, 1.807) is 9.80 Å². The number of likely N-dealkylation sites (tertiary alicyclic amines) is 1. The van der Waals surface area contributed by atoms with Crippen molar-refractivity contribution in [2.24, 2.45) is 0 Å². The third-order valence-corrected chi connectivity index (χ3v) is 7.44. The summed E-state index contributed by atoms with van der Waals surface area (Å²) in [6.07, 6.45) is 2.86. The van der Waals surface area contributed by atoms with E-state index >= 15 is 0 Å². The number of hydrogen-bond donors (Lipinski definition) is 1. The fourth-order valence-corrected chi connectivity index (χ4v) is 5.44. The molecule has 3 aliphatic rings. The van der Waals surface area contributed by atoms with Crippen LogP contribution in [0.2, 0.25) is 0 Å². The van der Waals surface area contributed by atoms with E-state index in [2.05, 4.69) is 10.2 Å². The van der Waals surface area contributed by atoms with Crippen LogP contribution in [0.5, 0.6) is 0 Å². The highest BCUT2D eigenvalue weighted by Crippen LogP contribution is 2.39. The lowest BCUT2D eigenvalue weighted by atomic mass is 9.85. The number of anilines is 1. The van der Waals surface area contributed by atoms with Crippen molar-refractivity contribution >= 4 is 23.4 Å². The van der Waals surface area contributed by atoms with Crippen molar-refractivity contribution in [3.8, 4) is 0 Å². The zero-order chi connectivity index (χ0) is 25.1. The third-order valence-electron chi connectivity index (χ3n) is 7.44. The monoisotopic (exact) mass is 494 g/mol. The van der Waals surface area contributed by atoms with Crippen molar-refractivity contribution in [2.75, 3.05) is 44.4 Å². The number of nitrogens with one attached hydrogen (secondary N) is 1. The van der Waals surface area contributed by atoms with Gasteiger partial charge in [0.25, 0.3) is 11.8 Å². The summed E-state index contributed by atoms with van der Waals surface area (Å²) in [4.78, 5) is 44.8. The number of rotatable bonds is 6. The Kier molecular flexibility index (Phi) is 6.91. The standard InChI is InChI=1S/C27H31FN4O4/c28-21-10-8-20(9-11-21)25(34)30-14-12-27(13-15-30)26(35)31(19-32(27)22-5-2-1-3-6-22)18-24(33)29-17-23-7-4-16-36-23/h1-3,5-6,8-11,23H,4,7,12-19H2,(H,29,33). The average molecular weight is 495 g/mol. The highest BCUT2D eigenvalue weighted by molar-refractivity contribution is 5.97. The van der Waals surface area contributed by atoms with Crippen LogP contribution in [0, 0.1) is 5.82 Å². The van der Waals surface area contributed by atoms with Gasteiger partial charge in [-0.1, -0.05) is 18.2 Å². The third kappa shape index (κ3) is 4.80. The maximum absolute atomic E-state index is 13.8. The van der Waals surface area contributed by atoms with Crippen molar-refractivity contribution in [3.05, 3.63) is 66.0 Å². The first kappa shape index (κ1) is 24.2. The fourth-order valence-electron chi connectivity index (χ4n) is 5.44. The number of halogens is 1. The number of carbonyl (C=O) groups excluding carboxylic acids is 3. The van der Waals surface area contributed by atoms with Crippen LogP contribution < -0.4 is 10.2 Å². The summed E-state index contributed by atoms with van der Waals surface area (Å²) in [6, 6.07) is 15.2. The lowest BCUT2D eigenvalue weighted by molar-refractivity contribution is -0.137. The molecule has 2 aromatic carbocycles. The molecule has 0 bridgehead atoms. The normalized spacial score (nSPS) is 21.3. The summed E-state index contributed by atoms with van der Waals surface area (Å²) in [5.41, 5.74) is 0.511. The summed E-state index contributed by atoms with van der Waals surface area (Å²) < 4.78 is 18.9. The maximum atomic E-state index is 13.8. The summed E-state index contributed by atoms with van der Waals surface area (Å²) in [7, 11) is 0. The van der Waals surface area contributed by atoms with E-state index < -0.39 is 5.54 Å². The number of hydrogen-bond acceptors (Lipinski definition) is 5. The maximum Gasteiger partial charge on any atom is 0.253 e. The van der Waals surface area contributed by atoms with Gasteiger partial charge in [-0.2, -0.15) is 0 Å². The molecular weight excluding hydrogens is 463 g/mol. The van der Waals surface area contributed by atoms with E-state index in [4.69, 9.17) is 4.74 Å². The van der Waals surface area contributed by atoms with E-state index in [-0.39, 0.29) is 36.2 Å². The van der Waals surface area contributed by atoms with Gasteiger partial charge >= 0.3 is 0 Å². The number of amides is 3. The highest BCUT2D eigenvalue weighted by atomic mass is 19.1. The van der Waals surface area contributed by atoms with Crippen LogP contribution in [0.25, 0.3) is 0 Å². The van der Waals surface area contributed by atoms with Gasteiger partial charge in [-0.05, 0) is 62.1 Å². The van der Waals surface area contributed by atoms with Crippen LogP contribution in [0.15, 0.2) is 54.6 Å². The van der Waals surface area contributed by atoms with Crippen LogP contribution in [-0.4, -0.2) is 78.6 Å². The summed E-state index contributed by atoms with van der Waals surface area (Å²) >= 11 is 0. The van der Waals surface area contributed by atoms with Crippen molar-refractivity contribution in [1.82, 2.24) is 15.1 Å². The van der Waals surface area contributed by atoms with Crippen LogP contribution in [0.1, 0.15) is 36.0 Å². The lowest BCUT2D eigenvalue weighted by Crippen LogP contribution is -2.57. The van der Waals surface area contributed by atoms with Crippen molar-refractivity contribution in [1.29, 1.82) is 0 Å². The van der Waals surface area contributed by atoms with E-state index in [1.807, 2.05) is 30.3 Å². The fraction of sp³-hybridized carbons (Fsp3) is 0.444. The molecule has 190 valence electrons. The molecule has 1 N–H and O–H groups in total. The zero-order valence-electron chi connectivity index (χ0n) is 20.2. The van der Waals surface area contributed by atoms with Crippen molar-refractivity contribution in [2.45, 2.75) is 37.3 Å². The van der Waals surface area contributed by atoms with Gasteiger partial charge in [0.2, 0.25) is 5.91 Å². The molecule has 3 saturated heterocycles. The molecule has 5 rings (SSSR count). The Hall–Kier alpha value is -3.46. The second-order valence-electron chi connectivity index (χ2n) is 9.68. The molecule has 3 heterocycles.